The summed E-state index contributed by atoms with van der Waals surface area (Å²) in [7, 11) is 0. The van der Waals surface area contributed by atoms with E-state index in [9.17, 15) is 4.79 Å². The summed E-state index contributed by atoms with van der Waals surface area (Å²) in [5, 5.41) is 4.08. The van der Waals surface area contributed by atoms with Crippen molar-refractivity contribution in [2.75, 3.05) is 11.9 Å². The third-order valence-corrected chi connectivity index (χ3v) is 4.82. The summed E-state index contributed by atoms with van der Waals surface area (Å²) in [6, 6.07) is 15.3. The van der Waals surface area contributed by atoms with Crippen LogP contribution in [0.2, 0.25) is 5.02 Å². The van der Waals surface area contributed by atoms with Gasteiger partial charge in [0.1, 0.15) is 5.75 Å². The van der Waals surface area contributed by atoms with Gasteiger partial charge in [-0.2, -0.15) is 0 Å². The number of thiazole rings is 1. The normalized spacial score (nSPS) is 10.9. The Morgan fingerprint density at radius 2 is 2.07 bits per heavy atom. The van der Waals surface area contributed by atoms with Crippen molar-refractivity contribution in [3.05, 3.63) is 81.8 Å². The molecule has 0 spiro atoms. The number of halogens is 1. The smallest absolute Gasteiger partial charge is 0.250 e. The van der Waals surface area contributed by atoms with Gasteiger partial charge in [0.25, 0.3) is 0 Å². The van der Waals surface area contributed by atoms with Crippen LogP contribution in [0.25, 0.3) is 6.08 Å². The van der Waals surface area contributed by atoms with Gasteiger partial charge >= 0.3 is 0 Å². The van der Waals surface area contributed by atoms with Crippen LogP contribution in [0.5, 0.6) is 5.75 Å². The van der Waals surface area contributed by atoms with Crippen molar-refractivity contribution in [1.29, 1.82) is 0 Å². The van der Waals surface area contributed by atoms with Gasteiger partial charge in [-0.3, -0.25) is 10.1 Å². The van der Waals surface area contributed by atoms with Crippen LogP contribution in [0.3, 0.4) is 0 Å². The number of benzene rings is 2. The molecule has 2 aromatic carbocycles. The van der Waals surface area contributed by atoms with Gasteiger partial charge in [0.05, 0.1) is 6.61 Å². The standard InChI is InChI=1S/C21H19ClN2O2S/c1-2-26-18-9-6-15(7-10-18)8-11-20(25)24-21-23-14-19(27-21)13-16-4-3-5-17(22)12-16/h3-12,14H,2,13H2,1H3,(H,23,24,25). The molecular weight excluding hydrogens is 380 g/mol. The first-order valence-corrected chi connectivity index (χ1v) is 9.73. The van der Waals surface area contributed by atoms with Crippen LogP contribution in [0, 0.1) is 0 Å². The summed E-state index contributed by atoms with van der Waals surface area (Å²) < 4.78 is 5.40. The molecule has 6 heteroatoms. The molecule has 1 N–H and O–H groups in total. The maximum atomic E-state index is 12.1. The van der Waals surface area contributed by atoms with Crippen LogP contribution in [-0.2, 0) is 11.2 Å². The van der Waals surface area contributed by atoms with Crippen LogP contribution in [0.1, 0.15) is 22.9 Å². The van der Waals surface area contributed by atoms with Crippen molar-refractivity contribution >= 4 is 40.1 Å². The number of nitrogens with one attached hydrogen (secondary N) is 1. The second-order valence-electron chi connectivity index (χ2n) is 5.76. The topological polar surface area (TPSA) is 51.2 Å². The number of carbonyl (C=O) groups is 1. The van der Waals surface area contributed by atoms with Gasteiger partial charge in [0.2, 0.25) is 5.91 Å². The number of carbonyl (C=O) groups excluding carboxylic acids is 1. The Balaban J connectivity index is 1.55. The molecule has 0 saturated heterocycles. The van der Waals surface area contributed by atoms with Gasteiger partial charge in [0, 0.05) is 28.6 Å². The highest BCUT2D eigenvalue weighted by Gasteiger charge is 2.06. The highest BCUT2D eigenvalue weighted by molar-refractivity contribution is 7.15. The molecule has 3 rings (SSSR count). The Morgan fingerprint density at radius 3 is 2.81 bits per heavy atom. The molecule has 27 heavy (non-hydrogen) atoms. The van der Waals surface area contributed by atoms with Crippen molar-refractivity contribution in [3.63, 3.8) is 0 Å². The zero-order valence-corrected chi connectivity index (χ0v) is 16.4. The molecule has 138 valence electrons. The lowest BCUT2D eigenvalue weighted by Gasteiger charge is -2.02. The second-order valence-corrected chi connectivity index (χ2v) is 7.31. The lowest BCUT2D eigenvalue weighted by atomic mass is 10.1. The summed E-state index contributed by atoms with van der Waals surface area (Å²) in [4.78, 5) is 17.4. The van der Waals surface area contributed by atoms with E-state index in [0.29, 0.717) is 16.8 Å². The van der Waals surface area contributed by atoms with Crippen LogP contribution in [0.15, 0.2) is 60.8 Å². The summed E-state index contributed by atoms with van der Waals surface area (Å²) in [5.74, 6) is 0.599. The SMILES string of the molecule is CCOc1ccc(C=CC(=O)Nc2ncc(Cc3cccc(Cl)c3)s2)cc1. The van der Waals surface area contributed by atoms with Gasteiger partial charge in [-0.15, -0.1) is 11.3 Å². The van der Waals surface area contributed by atoms with Crippen LogP contribution >= 0.6 is 22.9 Å². The Labute approximate surface area is 167 Å². The van der Waals surface area contributed by atoms with Gasteiger partial charge in [-0.25, -0.2) is 4.98 Å². The molecule has 0 bridgehead atoms. The molecule has 0 aliphatic rings. The van der Waals surface area contributed by atoms with E-state index in [1.807, 2.05) is 55.5 Å². The van der Waals surface area contributed by atoms with E-state index in [1.165, 1.54) is 17.4 Å². The molecular formula is C21H19ClN2O2S. The van der Waals surface area contributed by atoms with Gasteiger partial charge in [-0.1, -0.05) is 35.9 Å². The molecule has 0 atom stereocenters. The summed E-state index contributed by atoms with van der Waals surface area (Å²) in [6.07, 6.45) is 5.76. The largest absolute Gasteiger partial charge is 0.494 e. The highest BCUT2D eigenvalue weighted by Crippen LogP contribution is 2.22. The predicted octanol–water partition coefficient (Wildman–Crippen LogP) is 5.44. The number of ether oxygens (including phenoxy) is 1. The molecule has 0 saturated carbocycles. The van der Waals surface area contributed by atoms with Crippen LogP contribution < -0.4 is 10.1 Å². The maximum absolute atomic E-state index is 12.1. The molecule has 0 unspecified atom stereocenters. The highest BCUT2D eigenvalue weighted by atomic mass is 35.5. The summed E-state index contributed by atoms with van der Waals surface area (Å²) >= 11 is 7.47. The number of amides is 1. The fourth-order valence-corrected chi connectivity index (χ4v) is 3.52. The Morgan fingerprint density at radius 1 is 1.26 bits per heavy atom. The minimum Gasteiger partial charge on any atom is -0.494 e. The number of nitrogens with zero attached hydrogens (tertiary/aromatic N) is 1. The van der Waals surface area contributed by atoms with E-state index in [2.05, 4.69) is 10.3 Å². The molecule has 1 heterocycles. The zero-order valence-electron chi connectivity index (χ0n) is 14.8. The lowest BCUT2D eigenvalue weighted by Crippen LogP contribution is -2.07. The summed E-state index contributed by atoms with van der Waals surface area (Å²) in [6.45, 7) is 2.57. The third kappa shape index (κ3) is 5.94. The average Bonchev–Trinajstić information content (AvgIpc) is 3.08. The average molecular weight is 399 g/mol. The van der Waals surface area contributed by atoms with Gasteiger partial charge in [0.15, 0.2) is 5.13 Å². The predicted molar refractivity (Wildman–Crippen MR) is 112 cm³/mol. The van der Waals surface area contributed by atoms with E-state index >= 15 is 0 Å². The van der Waals surface area contributed by atoms with E-state index in [4.69, 9.17) is 16.3 Å². The van der Waals surface area contributed by atoms with E-state index in [1.54, 1.807) is 12.3 Å². The Hall–Kier alpha value is -2.63. The minimum atomic E-state index is -0.215. The first-order chi connectivity index (χ1) is 13.1. The second kappa shape index (κ2) is 9.35. The fourth-order valence-electron chi connectivity index (χ4n) is 2.46. The number of anilines is 1. The molecule has 1 amide bonds. The first kappa shape index (κ1) is 19.1. The third-order valence-electron chi connectivity index (χ3n) is 3.67. The first-order valence-electron chi connectivity index (χ1n) is 8.53. The molecule has 0 radical (unpaired) electrons. The zero-order chi connectivity index (χ0) is 19.1. The van der Waals surface area contributed by atoms with Crippen LogP contribution in [0.4, 0.5) is 5.13 Å². The maximum Gasteiger partial charge on any atom is 0.250 e. The van der Waals surface area contributed by atoms with Crippen LogP contribution in [-0.4, -0.2) is 17.5 Å². The number of hydrogen-bond donors (Lipinski definition) is 1. The van der Waals surface area contributed by atoms with Crippen molar-refractivity contribution < 1.29 is 9.53 Å². The van der Waals surface area contributed by atoms with Gasteiger partial charge in [-0.05, 0) is 48.4 Å². The molecule has 0 aliphatic heterocycles. The molecule has 0 aliphatic carbocycles. The quantitative estimate of drug-likeness (QED) is 0.539. The minimum absolute atomic E-state index is 0.215. The Kier molecular flexibility index (Phi) is 6.63. The molecule has 0 fully saturated rings. The summed E-state index contributed by atoms with van der Waals surface area (Å²) in [5.41, 5.74) is 2.04. The van der Waals surface area contributed by atoms with Crippen molar-refractivity contribution in [1.82, 2.24) is 4.98 Å². The van der Waals surface area contributed by atoms with Crippen molar-refractivity contribution in [2.45, 2.75) is 13.3 Å². The number of rotatable bonds is 7. The fraction of sp³-hybridized carbons (Fsp3) is 0.143. The van der Waals surface area contributed by atoms with Crippen molar-refractivity contribution in [2.24, 2.45) is 0 Å². The van der Waals surface area contributed by atoms with Gasteiger partial charge < -0.3 is 4.74 Å². The van der Waals surface area contributed by atoms with Crippen molar-refractivity contribution in [3.8, 4) is 5.75 Å². The molecule has 1 aromatic heterocycles. The Bertz CT molecular complexity index is 935. The monoisotopic (exact) mass is 398 g/mol. The van der Waals surface area contributed by atoms with E-state index in [-0.39, 0.29) is 5.91 Å². The number of aromatic nitrogens is 1. The lowest BCUT2D eigenvalue weighted by molar-refractivity contribution is -0.111. The van der Waals surface area contributed by atoms with E-state index < -0.39 is 0 Å². The number of hydrogen-bond acceptors (Lipinski definition) is 4. The molecule has 3 aromatic rings. The van der Waals surface area contributed by atoms with E-state index in [0.717, 1.165) is 28.2 Å². The molecule has 4 nitrogen and oxygen atoms in total.